The summed E-state index contributed by atoms with van der Waals surface area (Å²) in [4.78, 5) is -0.0933. The van der Waals surface area contributed by atoms with E-state index in [-0.39, 0.29) is 10.3 Å². The lowest BCUT2D eigenvalue weighted by molar-refractivity contribution is 0.241. The van der Waals surface area contributed by atoms with Crippen molar-refractivity contribution in [1.82, 2.24) is 0 Å². The molecule has 0 heterocycles. The molecular formula is C12H25Cl. The highest BCUT2D eigenvalue weighted by molar-refractivity contribution is 6.23. The van der Waals surface area contributed by atoms with Gasteiger partial charge < -0.3 is 0 Å². The molecule has 0 rings (SSSR count). The summed E-state index contributed by atoms with van der Waals surface area (Å²) in [6, 6.07) is 0. The molecule has 0 aliphatic carbocycles. The number of halogens is 1. The molecule has 0 aromatic carbocycles. The van der Waals surface area contributed by atoms with Gasteiger partial charge in [-0.1, -0.05) is 40.5 Å². The molecular weight excluding hydrogens is 180 g/mol. The van der Waals surface area contributed by atoms with E-state index in [0.29, 0.717) is 0 Å². The summed E-state index contributed by atoms with van der Waals surface area (Å²) in [7, 11) is 0. The molecule has 0 saturated carbocycles. The van der Waals surface area contributed by atoms with E-state index in [1.54, 1.807) is 0 Å². The molecule has 0 fully saturated rings. The maximum Gasteiger partial charge on any atom is 0.0441 e. The molecule has 0 aromatic rings. The van der Waals surface area contributed by atoms with Crippen LogP contribution >= 0.6 is 11.6 Å². The summed E-state index contributed by atoms with van der Waals surface area (Å²) < 4.78 is 0. The Morgan fingerprint density at radius 1 is 1.08 bits per heavy atom. The molecule has 0 spiro atoms. The Hall–Kier alpha value is 0.290. The van der Waals surface area contributed by atoms with E-state index < -0.39 is 0 Å². The molecule has 1 heteroatoms. The van der Waals surface area contributed by atoms with Crippen LogP contribution in [0.5, 0.6) is 0 Å². The van der Waals surface area contributed by atoms with Crippen molar-refractivity contribution in [2.45, 2.75) is 65.7 Å². The lowest BCUT2D eigenvalue weighted by Gasteiger charge is -2.37. The minimum absolute atomic E-state index is 0.0933. The summed E-state index contributed by atoms with van der Waals surface area (Å²) in [5.41, 5.74) is 0.240. The molecule has 0 N–H and O–H groups in total. The Kier molecular flexibility index (Phi) is 4.79. The van der Waals surface area contributed by atoms with Gasteiger partial charge in [0.25, 0.3) is 0 Å². The standard InChI is InChI=1S/C12H25Cl/c1-10(2)8-7-9-11(3,4)12(5,6)13/h10H,7-9H2,1-6H3. The van der Waals surface area contributed by atoms with Gasteiger partial charge in [-0.2, -0.15) is 0 Å². The number of alkyl halides is 1. The molecule has 0 aromatic heterocycles. The fourth-order valence-corrected chi connectivity index (χ4v) is 1.34. The molecule has 0 aliphatic rings. The molecule has 0 amide bonds. The van der Waals surface area contributed by atoms with Crippen LogP contribution in [0.25, 0.3) is 0 Å². The number of hydrogen-bond donors (Lipinski definition) is 0. The van der Waals surface area contributed by atoms with Crippen LogP contribution in [0, 0.1) is 11.3 Å². The number of rotatable bonds is 5. The van der Waals surface area contributed by atoms with E-state index in [4.69, 9.17) is 11.6 Å². The maximum atomic E-state index is 6.34. The molecule has 0 nitrogen and oxygen atoms in total. The van der Waals surface area contributed by atoms with Gasteiger partial charge in [0, 0.05) is 4.87 Å². The zero-order chi connectivity index (χ0) is 10.7. The van der Waals surface area contributed by atoms with Crippen LogP contribution in [-0.4, -0.2) is 4.87 Å². The third-order valence-corrected chi connectivity index (χ3v) is 3.70. The van der Waals surface area contributed by atoms with Crippen LogP contribution in [0.2, 0.25) is 0 Å². The first kappa shape index (κ1) is 13.3. The van der Waals surface area contributed by atoms with E-state index in [1.165, 1.54) is 19.3 Å². The number of hydrogen-bond acceptors (Lipinski definition) is 0. The molecule has 80 valence electrons. The van der Waals surface area contributed by atoms with Crippen molar-refractivity contribution in [3.63, 3.8) is 0 Å². The van der Waals surface area contributed by atoms with Gasteiger partial charge in [0.15, 0.2) is 0 Å². The second-order valence-electron chi connectivity index (χ2n) is 5.64. The second-order valence-corrected chi connectivity index (χ2v) is 6.59. The summed E-state index contributed by atoms with van der Waals surface area (Å²) in [5.74, 6) is 0.814. The van der Waals surface area contributed by atoms with Crippen molar-refractivity contribution in [3.8, 4) is 0 Å². The van der Waals surface area contributed by atoms with Gasteiger partial charge in [-0.3, -0.25) is 0 Å². The fraction of sp³-hybridized carbons (Fsp3) is 1.00. The van der Waals surface area contributed by atoms with Crippen LogP contribution in [0.1, 0.15) is 60.8 Å². The predicted molar refractivity (Wildman–Crippen MR) is 62.4 cm³/mol. The fourth-order valence-electron chi connectivity index (χ4n) is 1.25. The van der Waals surface area contributed by atoms with Crippen molar-refractivity contribution < 1.29 is 0 Å². The van der Waals surface area contributed by atoms with Crippen molar-refractivity contribution in [1.29, 1.82) is 0 Å². The Morgan fingerprint density at radius 2 is 1.54 bits per heavy atom. The third-order valence-electron chi connectivity index (χ3n) is 3.19. The normalized spacial score (nSPS) is 13.8. The van der Waals surface area contributed by atoms with Crippen molar-refractivity contribution in [2.24, 2.45) is 11.3 Å². The van der Waals surface area contributed by atoms with Crippen LogP contribution < -0.4 is 0 Å². The highest BCUT2D eigenvalue weighted by Crippen LogP contribution is 2.40. The first-order valence-corrected chi connectivity index (χ1v) is 5.73. The van der Waals surface area contributed by atoms with E-state index in [1.807, 2.05) is 0 Å². The van der Waals surface area contributed by atoms with Crippen LogP contribution in [0.3, 0.4) is 0 Å². The maximum absolute atomic E-state index is 6.34. The van der Waals surface area contributed by atoms with Crippen LogP contribution in [-0.2, 0) is 0 Å². The molecule has 0 radical (unpaired) electrons. The quantitative estimate of drug-likeness (QED) is 0.562. The highest BCUT2D eigenvalue weighted by Gasteiger charge is 2.34. The minimum atomic E-state index is -0.0933. The molecule has 13 heavy (non-hydrogen) atoms. The predicted octanol–water partition coefficient (Wildman–Crippen LogP) is 4.86. The smallest absolute Gasteiger partial charge is 0.0441 e. The Morgan fingerprint density at radius 3 is 1.85 bits per heavy atom. The van der Waals surface area contributed by atoms with Gasteiger partial charge in [0.1, 0.15) is 0 Å². The van der Waals surface area contributed by atoms with E-state index >= 15 is 0 Å². The summed E-state index contributed by atoms with van der Waals surface area (Å²) >= 11 is 6.34. The minimum Gasteiger partial charge on any atom is -0.119 e. The molecule has 0 atom stereocenters. The molecule has 0 aliphatic heterocycles. The zero-order valence-corrected chi connectivity index (χ0v) is 10.8. The van der Waals surface area contributed by atoms with Gasteiger partial charge in [-0.15, -0.1) is 11.6 Å². The second kappa shape index (κ2) is 4.68. The molecule has 0 bridgehead atoms. The van der Waals surface area contributed by atoms with Gasteiger partial charge in [-0.25, -0.2) is 0 Å². The van der Waals surface area contributed by atoms with Gasteiger partial charge in [0.2, 0.25) is 0 Å². The van der Waals surface area contributed by atoms with E-state index in [9.17, 15) is 0 Å². The van der Waals surface area contributed by atoms with Crippen molar-refractivity contribution in [2.75, 3.05) is 0 Å². The zero-order valence-electron chi connectivity index (χ0n) is 10.1. The highest BCUT2D eigenvalue weighted by atomic mass is 35.5. The summed E-state index contributed by atoms with van der Waals surface area (Å²) in [6.45, 7) is 13.3. The molecule has 0 saturated heterocycles. The largest absolute Gasteiger partial charge is 0.119 e. The van der Waals surface area contributed by atoms with Crippen molar-refractivity contribution >= 4 is 11.6 Å². The Balaban J connectivity index is 3.90. The van der Waals surface area contributed by atoms with Gasteiger partial charge in [-0.05, 0) is 31.6 Å². The molecule has 0 unspecified atom stereocenters. The van der Waals surface area contributed by atoms with Gasteiger partial charge in [0.05, 0.1) is 0 Å². The SMILES string of the molecule is CC(C)CCCC(C)(C)C(C)(C)Cl. The summed E-state index contributed by atoms with van der Waals surface area (Å²) in [5, 5.41) is 0. The Labute approximate surface area is 89.1 Å². The summed E-state index contributed by atoms with van der Waals surface area (Å²) in [6.07, 6.45) is 3.83. The van der Waals surface area contributed by atoms with Crippen LogP contribution in [0.15, 0.2) is 0 Å². The monoisotopic (exact) mass is 204 g/mol. The van der Waals surface area contributed by atoms with E-state index in [2.05, 4.69) is 41.5 Å². The average Bonchev–Trinajstić information content (AvgIpc) is 1.82. The van der Waals surface area contributed by atoms with Crippen molar-refractivity contribution in [3.05, 3.63) is 0 Å². The first-order valence-electron chi connectivity index (χ1n) is 5.36. The lowest BCUT2D eigenvalue weighted by Crippen LogP contribution is -2.33. The third kappa shape index (κ3) is 4.90. The lowest BCUT2D eigenvalue weighted by atomic mass is 9.76. The Bertz CT molecular complexity index is 140. The first-order chi connectivity index (χ1) is 5.67. The van der Waals surface area contributed by atoms with E-state index in [0.717, 1.165) is 5.92 Å². The average molecular weight is 205 g/mol. The van der Waals surface area contributed by atoms with Crippen LogP contribution in [0.4, 0.5) is 0 Å². The topological polar surface area (TPSA) is 0 Å². The van der Waals surface area contributed by atoms with Gasteiger partial charge >= 0.3 is 0 Å².